The highest BCUT2D eigenvalue weighted by Gasteiger charge is 2.31. The number of hydrogen-bond acceptors (Lipinski definition) is 3. The van der Waals surface area contributed by atoms with E-state index in [1.54, 1.807) is 24.1 Å². The molecular weight excluding hydrogens is 405 g/mol. The summed E-state index contributed by atoms with van der Waals surface area (Å²) in [7, 11) is 1.78. The molecule has 8 heteroatoms. The minimum atomic E-state index is -4.33. The van der Waals surface area contributed by atoms with Crippen LogP contribution in [-0.4, -0.2) is 38.7 Å². The molecule has 4 rings (SSSR count). The van der Waals surface area contributed by atoms with E-state index in [1.807, 2.05) is 24.0 Å². The summed E-state index contributed by atoms with van der Waals surface area (Å²) >= 11 is 0. The van der Waals surface area contributed by atoms with Gasteiger partial charge in [0.05, 0.1) is 17.3 Å². The molecule has 1 atom stereocenters. The number of alkyl halides is 3. The number of pyridine rings is 1. The second-order valence-electron chi connectivity index (χ2n) is 8.05. The highest BCUT2D eigenvalue weighted by atomic mass is 19.4. The number of hydrogen-bond donors (Lipinski definition) is 0. The van der Waals surface area contributed by atoms with Crippen molar-refractivity contribution in [2.45, 2.75) is 31.9 Å². The minimum Gasteiger partial charge on any atom is -0.338 e. The summed E-state index contributed by atoms with van der Waals surface area (Å²) in [6.45, 7) is 3.15. The average molecular weight is 428 g/mol. The second kappa shape index (κ2) is 8.17. The Balaban J connectivity index is 1.47. The van der Waals surface area contributed by atoms with Crippen molar-refractivity contribution in [3.05, 3.63) is 82.4 Å². The van der Waals surface area contributed by atoms with Gasteiger partial charge < -0.3 is 4.90 Å². The molecule has 0 radical (unpaired) electrons. The van der Waals surface area contributed by atoms with Crippen LogP contribution in [0.2, 0.25) is 0 Å². The molecule has 0 unspecified atom stereocenters. The number of carbonyl (C=O) groups is 1. The molecule has 2 aromatic heterocycles. The van der Waals surface area contributed by atoms with Crippen molar-refractivity contribution in [2.75, 3.05) is 13.1 Å². The molecule has 3 aromatic rings. The maximum atomic E-state index is 12.8. The van der Waals surface area contributed by atoms with Crippen molar-refractivity contribution in [1.82, 2.24) is 19.7 Å². The average Bonchev–Trinajstić information content (AvgIpc) is 3.36. The predicted octanol–water partition coefficient (Wildman–Crippen LogP) is 4.36. The van der Waals surface area contributed by atoms with Gasteiger partial charge in [-0.1, -0.05) is 12.1 Å². The lowest BCUT2D eigenvalue weighted by atomic mass is 9.98. The van der Waals surface area contributed by atoms with Crippen molar-refractivity contribution >= 4 is 5.91 Å². The first kappa shape index (κ1) is 21.1. The molecular formula is C23H23F3N4O. The Morgan fingerprint density at radius 1 is 1.16 bits per heavy atom. The highest BCUT2D eigenvalue weighted by Crippen LogP contribution is 2.30. The van der Waals surface area contributed by atoms with Crippen molar-refractivity contribution in [3.8, 4) is 0 Å². The maximum Gasteiger partial charge on any atom is 0.416 e. The normalized spacial score (nSPS) is 16.7. The zero-order valence-electron chi connectivity index (χ0n) is 17.4. The number of aryl methyl sites for hydroxylation is 2. The fourth-order valence-corrected chi connectivity index (χ4v) is 4.03. The molecule has 0 spiro atoms. The molecule has 1 amide bonds. The van der Waals surface area contributed by atoms with E-state index in [0.29, 0.717) is 25.1 Å². The van der Waals surface area contributed by atoms with Crippen LogP contribution in [0, 0.1) is 6.92 Å². The van der Waals surface area contributed by atoms with Crippen LogP contribution in [0.3, 0.4) is 0 Å². The van der Waals surface area contributed by atoms with Crippen LogP contribution in [0.5, 0.6) is 0 Å². The first-order chi connectivity index (χ1) is 14.7. The number of nitrogens with zero attached hydrogens (tertiary/aromatic N) is 4. The molecule has 1 aromatic carbocycles. The molecule has 1 saturated heterocycles. The monoisotopic (exact) mass is 428 g/mol. The van der Waals surface area contributed by atoms with E-state index in [1.165, 1.54) is 12.1 Å². The lowest BCUT2D eigenvalue weighted by Crippen LogP contribution is -2.28. The van der Waals surface area contributed by atoms with E-state index >= 15 is 0 Å². The molecule has 3 heterocycles. The molecule has 1 fully saturated rings. The first-order valence-electron chi connectivity index (χ1n) is 10.1. The number of aromatic nitrogens is 3. The number of halogens is 3. The summed E-state index contributed by atoms with van der Waals surface area (Å²) in [5.74, 6) is 0.0973. The number of amides is 1. The predicted molar refractivity (Wildman–Crippen MR) is 110 cm³/mol. The van der Waals surface area contributed by atoms with Crippen LogP contribution >= 0.6 is 0 Å². The van der Waals surface area contributed by atoms with Crippen LogP contribution < -0.4 is 0 Å². The lowest BCUT2D eigenvalue weighted by Gasteiger charge is -2.16. The summed E-state index contributed by atoms with van der Waals surface area (Å²) in [6, 6.07) is 9.22. The molecule has 162 valence electrons. The third kappa shape index (κ3) is 4.78. The second-order valence-corrected chi connectivity index (χ2v) is 8.05. The quantitative estimate of drug-likeness (QED) is 0.620. The first-order valence-corrected chi connectivity index (χ1v) is 10.1. The van der Waals surface area contributed by atoms with Gasteiger partial charge in [0.25, 0.3) is 5.91 Å². The smallest absolute Gasteiger partial charge is 0.338 e. The Morgan fingerprint density at radius 2 is 1.90 bits per heavy atom. The Morgan fingerprint density at radius 3 is 2.55 bits per heavy atom. The van der Waals surface area contributed by atoms with Crippen molar-refractivity contribution in [1.29, 1.82) is 0 Å². The lowest BCUT2D eigenvalue weighted by molar-refractivity contribution is -0.137. The van der Waals surface area contributed by atoms with Gasteiger partial charge in [-0.2, -0.15) is 18.3 Å². The molecule has 1 aliphatic rings. The Kier molecular flexibility index (Phi) is 5.56. The molecule has 1 aliphatic heterocycles. The van der Waals surface area contributed by atoms with Crippen molar-refractivity contribution in [2.24, 2.45) is 7.05 Å². The zero-order valence-corrected chi connectivity index (χ0v) is 17.4. The number of rotatable bonds is 4. The van der Waals surface area contributed by atoms with Gasteiger partial charge in [-0.25, -0.2) is 0 Å². The standard InChI is InChI=1S/C23H23F3N4O/c1-15-9-17(10-16-3-5-20(6-4-16)23(24,25)26)11-21(28-15)18-7-8-30(14-18)22(31)19-12-27-29(2)13-19/h3-6,9,11-13,18H,7-8,10,14H2,1-2H3/t18-/m1/s1. The topological polar surface area (TPSA) is 51.0 Å². The van der Waals surface area contributed by atoms with Crippen LogP contribution in [0.15, 0.2) is 48.8 Å². The zero-order chi connectivity index (χ0) is 22.2. The van der Waals surface area contributed by atoms with Gasteiger partial charge in [-0.05, 0) is 55.2 Å². The number of benzene rings is 1. The van der Waals surface area contributed by atoms with Gasteiger partial charge in [0.2, 0.25) is 0 Å². The molecule has 0 aliphatic carbocycles. The van der Waals surface area contributed by atoms with Gasteiger partial charge in [0, 0.05) is 43.6 Å². The summed E-state index contributed by atoms with van der Waals surface area (Å²) in [4.78, 5) is 19.2. The fraction of sp³-hybridized carbons (Fsp3) is 0.348. The number of carbonyl (C=O) groups excluding carboxylic acids is 1. The summed E-state index contributed by atoms with van der Waals surface area (Å²) in [5, 5.41) is 4.06. The summed E-state index contributed by atoms with van der Waals surface area (Å²) in [5.41, 5.74) is 3.51. The van der Waals surface area contributed by atoms with Crippen molar-refractivity contribution in [3.63, 3.8) is 0 Å². The van der Waals surface area contributed by atoms with E-state index in [0.717, 1.165) is 41.1 Å². The molecule has 0 bridgehead atoms. The maximum absolute atomic E-state index is 12.8. The minimum absolute atomic E-state index is 0.0340. The Labute approximate surface area is 178 Å². The SMILES string of the molecule is Cc1cc(Cc2ccc(C(F)(F)F)cc2)cc([C@@H]2CCN(C(=O)c3cnn(C)c3)C2)n1. The van der Waals surface area contributed by atoms with Gasteiger partial charge in [-0.15, -0.1) is 0 Å². The van der Waals surface area contributed by atoms with Crippen molar-refractivity contribution < 1.29 is 18.0 Å². The number of likely N-dealkylation sites (tertiary alicyclic amines) is 1. The third-order valence-electron chi connectivity index (χ3n) is 5.57. The fourth-order valence-electron chi connectivity index (χ4n) is 4.03. The van der Waals surface area contributed by atoms with E-state index in [2.05, 4.69) is 10.1 Å². The molecule has 0 saturated carbocycles. The van der Waals surface area contributed by atoms with Crippen LogP contribution in [0.25, 0.3) is 0 Å². The largest absolute Gasteiger partial charge is 0.416 e. The van der Waals surface area contributed by atoms with Gasteiger partial charge in [-0.3, -0.25) is 14.5 Å². The van der Waals surface area contributed by atoms with E-state index < -0.39 is 11.7 Å². The van der Waals surface area contributed by atoms with Crippen LogP contribution in [-0.2, 0) is 19.6 Å². The van der Waals surface area contributed by atoms with Gasteiger partial charge in [0.1, 0.15) is 0 Å². The highest BCUT2D eigenvalue weighted by molar-refractivity contribution is 5.94. The van der Waals surface area contributed by atoms with Gasteiger partial charge >= 0.3 is 6.18 Å². The Hall–Kier alpha value is -3.16. The molecule has 31 heavy (non-hydrogen) atoms. The molecule has 0 N–H and O–H groups in total. The van der Waals surface area contributed by atoms with Crippen LogP contribution in [0.4, 0.5) is 13.2 Å². The van der Waals surface area contributed by atoms with Crippen LogP contribution in [0.1, 0.15) is 50.8 Å². The Bertz CT molecular complexity index is 1090. The van der Waals surface area contributed by atoms with E-state index in [9.17, 15) is 18.0 Å². The summed E-state index contributed by atoms with van der Waals surface area (Å²) < 4.78 is 40.0. The summed E-state index contributed by atoms with van der Waals surface area (Å²) in [6.07, 6.45) is 0.299. The van der Waals surface area contributed by atoms with Gasteiger partial charge in [0.15, 0.2) is 0 Å². The molecule has 5 nitrogen and oxygen atoms in total. The van der Waals surface area contributed by atoms with E-state index in [-0.39, 0.29) is 11.8 Å². The van der Waals surface area contributed by atoms with E-state index in [4.69, 9.17) is 0 Å². The third-order valence-corrected chi connectivity index (χ3v) is 5.57.